The lowest BCUT2D eigenvalue weighted by Crippen LogP contribution is -1.98. The molecule has 124 valence electrons. The van der Waals surface area contributed by atoms with Crippen molar-refractivity contribution in [2.45, 2.75) is 20.5 Å². The standard InChI is InChI=1S/C22H20N2O/c1-16-6-8-18(9-7-16)15-25-21-11-10-19(14-17(21)2)20-4-3-5-22-23-12-13-24(20)22/h3-14H,15H2,1-2H3. The molecule has 4 aromatic rings. The van der Waals surface area contributed by atoms with Crippen LogP contribution in [0.2, 0.25) is 0 Å². The summed E-state index contributed by atoms with van der Waals surface area (Å²) in [6, 6.07) is 20.9. The lowest BCUT2D eigenvalue weighted by molar-refractivity contribution is 0.304. The van der Waals surface area contributed by atoms with Gasteiger partial charge in [-0.05, 0) is 60.9 Å². The van der Waals surface area contributed by atoms with Gasteiger partial charge in [-0.2, -0.15) is 0 Å². The van der Waals surface area contributed by atoms with Gasteiger partial charge in [0.1, 0.15) is 18.0 Å². The van der Waals surface area contributed by atoms with Crippen LogP contribution < -0.4 is 4.74 Å². The zero-order valence-corrected chi connectivity index (χ0v) is 14.4. The fourth-order valence-corrected chi connectivity index (χ4v) is 3.00. The largest absolute Gasteiger partial charge is 0.489 e. The van der Waals surface area contributed by atoms with Crippen molar-refractivity contribution in [2.24, 2.45) is 0 Å². The number of aromatic nitrogens is 2. The van der Waals surface area contributed by atoms with E-state index in [0.717, 1.165) is 28.2 Å². The van der Waals surface area contributed by atoms with Crippen LogP contribution in [0.3, 0.4) is 0 Å². The minimum absolute atomic E-state index is 0.581. The maximum absolute atomic E-state index is 6.01. The summed E-state index contributed by atoms with van der Waals surface area (Å²) in [5.74, 6) is 0.919. The number of imidazole rings is 1. The van der Waals surface area contributed by atoms with E-state index in [1.54, 1.807) is 0 Å². The maximum atomic E-state index is 6.01. The molecule has 2 heterocycles. The molecule has 0 aliphatic heterocycles. The number of fused-ring (bicyclic) bond motifs is 1. The predicted octanol–water partition coefficient (Wildman–Crippen LogP) is 5.20. The Morgan fingerprint density at radius 2 is 1.80 bits per heavy atom. The molecule has 0 spiro atoms. The highest BCUT2D eigenvalue weighted by atomic mass is 16.5. The number of rotatable bonds is 4. The van der Waals surface area contributed by atoms with Crippen LogP contribution in [0.5, 0.6) is 5.75 Å². The van der Waals surface area contributed by atoms with E-state index in [-0.39, 0.29) is 0 Å². The van der Waals surface area contributed by atoms with Crippen LogP contribution in [-0.2, 0) is 6.61 Å². The van der Waals surface area contributed by atoms with Gasteiger partial charge < -0.3 is 4.74 Å². The van der Waals surface area contributed by atoms with Gasteiger partial charge in [-0.25, -0.2) is 4.98 Å². The highest BCUT2D eigenvalue weighted by molar-refractivity contribution is 5.65. The van der Waals surface area contributed by atoms with Crippen molar-refractivity contribution in [2.75, 3.05) is 0 Å². The van der Waals surface area contributed by atoms with Crippen molar-refractivity contribution < 1.29 is 4.74 Å². The van der Waals surface area contributed by atoms with Crippen molar-refractivity contribution in [1.29, 1.82) is 0 Å². The summed E-state index contributed by atoms with van der Waals surface area (Å²) in [4.78, 5) is 4.35. The molecular weight excluding hydrogens is 308 g/mol. The zero-order valence-electron chi connectivity index (χ0n) is 14.4. The van der Waals surface area contributed by atoms with Gasteiger partial charge in [0.05, 0.1) is 5.69 Å². The van der Waals surface area contributed by atoms with E-state index >= 15 is 0 Å². The summed E-state index contributed by atoms with van der Waals surface area (Å²) < 4.78 is 8.11. The van der Waals surface area contributed by atoms with E-state index in [1.165, 1.54) is 11.1 Å². The molecule has 25 heavy (non-hydrogen) atoms. The molecule has 0 bridgehead atoms. The van der Waals surface area contributed by atoms with Crippen LogP contribution >= 0.6 is 0 Å². The second-order valence-corrected chi connectivity index (χ2v) is 6.32. The number of aryl methyl sites for hydroxylation is 2. The summed E-state index contributed by atoms with van der Waals surface area (Å²) in [7, 11) is 0. The molecule has 0 fully saturated rings. The molecule has 0 saturated carbocycles. The fourth-order valence-electron chi connectivity index (χ4n) is 3.00. The Morgan fingerprint density at radius 3 is 2.60 bits per heavy atom. The molecule has 2 aromatic carbocycles. The Balaban J connectivity index is 1.58. The van der Waals surface area contributed by atoms with E-state index in [9.17, 15) is 0 Å². The maximum Gasteiger partial charge on any atom is 0.137 e. The minimum Gasteiger partial charge on any atom is -0.489 e. The van der Waals surface area contributed by atoms with Crippen molar-refractivity contribution >= 4 is 5.65 Å². The third-order valence-electron chi connectivity index (χ3n) is 4.41. The lowest BCUT2D eigenvalue weighted by atomic mass is 10.1. The summed E-state index contributed by atoms with van der Waals surface area (Å²) in [6.45, 7) is 4.76. The van der Waals surface area contributed by atoms with E-state index in [4.69, 9.17) is 4.74 Å². The normalized spacial score (nSPS) is 11.0. The van der Waals surface area contributed by atoms with Gasteiger partial charge in [-0.1, -0.05) is 35.9 Å². The Labute approximate surface area is 147 Å². The predicted molar refractivity (Wildman–Crippen MR) is 101 cm³/mol. The quantitative estimate of drug-likeness (QED) is 0.515. The Kier molecular flexibility index (Phi) is 3.98. The second kappa shape index (κ2) is 6.44. The monoisotopic (exact) mass is 328 g/mol. The minimum atomic E-state index is 0.581. The van der Waals surface area contributed by atoms with Crippen molar-refractivity contribution in [3.8, 4) is 17.0 Å². The summed E-state index contributed by atoms with van der Waals surface area (Å²) >= 11 is 0. The first kappa shape index (κ1) is 15.5. The average Bonchev–Trinajstić information content (AvgIpc) is 3.11. The molecule has 3 nitrogen and oxygen atoms in total. The molecule has 0 N–H and O–H groups in total. The highest BCUT2D eigenvalue weighted by Gasteiger charge is 2.07. The average molecular weight is 328 g/mol. The molecule has 0 radical (unpaired) electrons. The summed E-state index contributed by atoms with van der Waals surface area (Å²) in [5.41, 5.74) is 6.80. The molecule has 2 aromatic heterocycles. The molecule has 0 aliphatic rings. The van der Waals surface area contributed by atoms with Crippen LogP contribution in [0.1, 0.15) is 16.7 Å². The van der Waals surface area contributed by atoms with Gasteiger partial charge in [0.15, 0.2) is 0 Å². The zero-order chi connectivity index (χ0) is 17.2. The third kappa shape index (κ3) is 3.13. The van der Waals surface area contributed by atoms with E-state index < -0.39 is 0 Å². The van der Waals surface area contributed by atoms with Crippen LogP contribution in [0, 0.1) is 13.8 Å². The molecule has 0 amide bonds. The molecule has 0 saturated heterocycles. The topological polar surface area (TPSA) is 26.5 Å². The number of ether oxygens (including phenoxy) is 1. The van der Waals surface area contributed by atoms with Gasteiger partial charge in [-0.15, -0.1) is 0 Å². The summed E-state index contributed by atoms with van der Waals surface area (Å²) in [6.07, 6.45) is 3.81. The second-order valence-electron chi connectivity index (χ2n) is 6.32. The Bertz CT molecular complexity index is 1020. The van der Waals surface area contributed by atoms with Crippen LogP contribution in [0.25, 0.3) is 16.9 Å². The van der Waals surface area contributed by atoms with Gasteiger partial charge >= 0.3 is 0 Å². The highest BCUT2D eigenvalue weighted by Crippen LogP contribution is 2.27. The lowest BCUT2D eigenvalue weighted by Gasteiger charge is -2.12. The third-order valence-corrected chi connectivity index (χ3v) is 4.41. The first-order valence-electron chi connectivity index (χ1n) is 8.42. The summed E-state index contributed by atoms with van der Waals surface area (Å²) in [5, 5.41) is 0. The van der Waals surface area contributed by atoms with Gasteiger partial charge in [0.25, 0.3) is 0 Å². The fraction of sp³-hybridized carbons (Fsp3) is 0.136. The molecule has 3 heteroatoms. The van der Waals surface area contributed by atoms with Gasteiger partial charge in [-0.3, -0.25) is 4.40 Å². The molecule has 0 aliphatic carbocycles. The van der Waals surface area contributed by atoms with Gasteiger partial charge in [0, 0.05) is 12.4 Å². The molecule has 4 rings (SSSR count). The van der Waals surface area contributed by atoms with E-state index in [1.807, 2.05) is 24.5 Å². The number of benzene rings is 2. The first-order chi connectivity index (χ1) is 12.2. The number of hydrogen-bond donors (Lipinski definition) is 0. The number of pyridine rings is 1. The number of hydrogen-bond acceptors (Lipinski definition) is 2. The van der Waals surface area contributed by atoms with Crippen LogP contribution in [0.15, 0.2) is 73.1 Å². The van der Waals surface area contributed by atoms with Gasteiger partial charge in [0.2, 0.25) is 0 Å². The Morgan fingerprint density at radius 1 is 0.960 bits per heavy atom. The molecular formula is C22H20N2O. The first-order valence-corrected chi connectivity index (χ1v) is 8.42. The smallest absolute Gasteiger partial charge is 0.137 e. The van der Waals surface area contributed by atoms with Crippen molar-refractivity contribution in [3.05, 3.63) is 89.7 Å². The van der Waals surface area contributed by atoms with E-state index in [2.05, 4.69) is 71.8 Å². The van der Waals surface area contributed by atoms with Crippen LogP contribution in [0.4, 0.5) is 0 Å². The SMILES string of the molecule is Cc1ccc(COc2ccc(-c3cccc4nccn34)cc2C)cc1. The van der Waals surface area contributed by atoms with Crippen molar-refractivity contribution in [3.63, 3.8) is 0 Å². The molecule has 0 atom stereocenters. The van der Waals surface area contributed by atoms with Crippen LogP contribution in [-0.4, -0.2) is 9.38 Å². The Hall–Kier alpha value is -3.07. The molecule has 0 unspecified atom stereocenters. The van der Waals surface area contributed by atoms with Crippen molar-refractivity contribution in [1.82, 2.24) is 9.38 Å². The van der Waals surface area contributed by atoms with E-state index in [0.29, 0.717) is 6.61 Å². The number of nitrogens with zero attached hydrogens (tertiary/aromatic N) is 2.